The molecule has 0 saturated carbocycles. The van der Waals surface area contributed by atoms with Crippen LogP contribution in [0.5, 0.6) is 5.88 Å². The summed E-state index contributed by atoms with van der Waals surface area (Å²) in [7, 11) is 0. The molecule has 0 aliphatic carbocycles. The van der Waals surface area contributed by atoms with E-state index in [1.165, 1.54) is 38.7 Å². The van der Waals surface area contributed by atoms with E-state index >= 15 is 0 Å². The van der Waals surface area contributed by atoms with Crippen LogP contribution in [0, 0.1) is 0 Å². The number of nitrogens with two attached hydrogens (primary N) is 1. The molecule has 1 saturated heterocycles. The molecule has 1 aromatic heterocycles. The third kappa shape index (κ3) is 3.78. The number of piperidine rings is 1. The molecule has 0 spiro atoms. The third-order valence-electron chi connectivity index (χ3n) is 3.49. The molecule has 0 aromatic carbocycles. The van der Waals surface area contributed by atoms with Gasteiger partial charge in [0.05, 0.1) is 5.56 Å². The summed E-state index contributed by atoms with van der Waals surface area (Å²) in [5.41, 5.74) is 3.52. The van der Waals surface area contributed by atoms with E-state index in [1.807, 2.05) is 6.92 Å². The number of anilines is 1. The van der Waals surface area contributed by atoms with E-state index in [2.05, 4.69) is 20.3 Å². The van der Waals surface area contributed by atoms with Gasteiger partial charge < -0.3 is 10.2 Å². The molecular formula is C13H23N5O. The van der Waals surface area contributed by atoms with E-state index in [0.717, 1.165) is 18.5 Å². The minimum atomic E-state index is 0.641. The molecule has 1 fully saturated rings. The van der Waals surface area contributed by atoms with Gasteiger partial charge in [-0.15, -0.1) is 0 Å². The van der Waals surface area contributed by atoms with Crippen LogP contribution in [0.15, 0.2) is 6.33 Å². The number of rotatable bonds is 6. The molecule has 0 bridgehead atoms. The smallest absolute Gasteiger partial charge is 0.221 e. The normalized spacial score (nSPS) is 16.3. The number of nitrogens with zero attached hydrogens (tertiary/aromatic N) is 3. The SMILES string of the molecule is CCc1c(NN)ncnc1OCCN1CCCCC1. The maximum Gasteiger partial charge on any atom is 0.221 e. The number of ether oxygens (including phenoxy) is 1. The Hall–Kier alpha value is -1.40. The Morgan fingerprint density at radius 2 is 2.11 bits per heavy atom. The molecule has 3 N–H and O–H groups in total. The second-order valence-corrected chi connectivity index (χ2v) is 4.75. The van der Waals surface area contributed by atoms with Gasteiger partial charge in [-0.3, -0.25) is 4.90 Å². The Labute approximate surface area is 114 Å². The summed E-state index contributed by atoms with van der Waals surface area (Å²) in [6, 6.07) is 0. The van der Waals surface area contributed by atoms with Gasteiger partial charge in [0.1, 0.15) is 18.8 Å². The first kappa shape index (κ1) is 14.0. The molecule has 0 amide bonds. The molecule has 2 heterocycles. The lowest BCUT2D eigenvalue weighted by atomic mass is 10.1. The van der Waals surface area contributed by atoms with Gasteiger partial charge in [0, 0.05) is 6.54 Å². The molecule has 0 atom stereocenters. The highest BCUT2D eigenvalue weighted by Gasteiger charge is 2.12. The van der Waals surface area contributed by atoms with Crippen molar-refractivity contribution in [1.82, 2.24) is 14.9 Å². The average molecular weight is 265 g/mol. The fourth-order valence-electron chi connectivity index (χ4n) is 2.42. The molecule has 1 aliphatic rings. The summed E-state index contributed by atoms with van der Waals surface area (Å²) in [6.07, 6.45) is 6.22. The number of hydrazine groups is 1. The van der Waals surface area contributed by atoms with Gasteiger partial charge in [-0.25, -0.2) is 15.8 Å². The number of nitrogens with one attached hydrogen (secondary N) is 1. The molecule has 0 unspecified atom stereocenters. The molecule has 2 rings (SSSR count). The van der Waals surface area contributed by atoms with Crippen molar-refractivity contribution in [2.45, 2.75) is 32.6 Å². The highest BCUT2D eigenvalue weighted by molar-refractivity contribution is 5.47. The quantitative estimate of drug-likeness (QED) is 0.594. The van der Waals surface area contributed by atoms with E-state index in [9.17, 15) is 0 Å². The zero-order chi connectivity index (χ0) is 13.5. The zero-order valence-corrected chi connectivity index (χ0v) is 11.6. The Morgan fingerprint density at radius 3 is 2.79 bits per heavy atom. The average Bonchev–Trinajstić information content (AvgIpc) is 2.48. The van der Waals surface area contributed by atoms with Crippen molar-refractivity contribution in [3.8, 4) is 5.88 Å². The van der Waals surface area contributed by atoms with Crippen LogP contribution in [-0.2, 0) is 6.42 Å². The standard InChI is InChI=1S/C13H23N5O/c1-2-11-12(17-14)15-10-16-13(11)19-9-8-18-6-4-3-5-7-18/h10H,2-9,14H2,1H3,(H,15,16,17). The lowest BCUT2D eigenvalue weighted by Gasteiger charge is -2.26. The van der Waals surface area contributed by atoms with Gasteiger partial charge in [-0.2, -0.15) is 0 Å². The number of nitrogen functional groups attached to an aromatic ring is 1. The number of hydrogen-bond acceptors (Lipinski definition) is 6. The molecule has 0 radical (unpaired) electrons. The highest BCUT2D eigenvalue weighted by atomic mass is 16.5. The summed E-state index contributed by atoms with van der Waals surface area (Å²) >= 11 is 0. The molecule has 1 aromatic rings. The van der Waals surface area contributed by atoms with Gasteiger partial charge in [0.2, 0.25) is 5.88 Å². The van der Waals surface area contributed by atoms with E-state index in [4.69, 9.17) is 10.6 Å². The van der Waals surface area contributed by atoms with Crippen molar-refractivity contribution in [3.63, 3.8) is 0 Å². The van der Waals surface area contributed by atoms with Crippen molar-refractivity contribution in [2.75, 3.05) is 31.7 Å². The first-order valence-electron chi connectivity index (χ1n) is 7.00. The van der Waals surface area contributed by atoms with Crippen molar-refractivity contribution >= 4 is 5.82 Å². The van der Waals surface area contributed by atoms with Crippen LogP contribution in [0.4, 0.5) is 5.82 Å². The lowest BCUT2D eigenvalue weighted by Crippen LogP contribution is -2.33. The Kier molecular flexibility index (Phi) is 5.35. The zero-order valence-electron chi connectivity index (χ0n) is 11.6. The third-order valence-corrected chi connectivity index (χ3v) is 3.49. The largest absolute Gasteiger partial charge is 0.476 e. The summed E-state index contributed by atoms with van der Waals surface area (Å²) in [4.78, 5) is 10.7. The first-order valence-corrected chi connectivity index (χ1v) is 7.00. The van der Waals surface area contributed by atoms with E-state index < -0.39 is 0 Å². The Balaban J connectivity index is 1.88. The molecule has 6 heteroatoms. The van der Waals surface area contributed by atoms with Gasteiger partial charge in [0.25, 0.3) is 0 Å². The van der Waals surface area contributed by atoms with E-state index in [0.29, 0.717) is 18.3 Å². The second-order valence-electron chi connectivity index (χ2n) is 4.75. The minimum absolute atomic E-state index is 0.641. The fourth-order valence-corrected chi connectivity index (χ4v) is 2.42. The summed E-state index contributed by atoms with van der Waals surface area (Å²) in [5.74, 6) is 6.72. The van der Waals surface area contributed by atoms with Crippen molar-refractivity contribution in [3.05, 3.63) is 11.9 Å². The van der Waals surface area contributed by atoms with E-state index in [1.54, 1.807) is 0 Å². The lowest BCUT2D eigenvalue weighted by molar-refractivity contribution is 0.180. The second kappa shape index (κ2) is 7.25. The number of aromatic nitrogens is 2. The first-order chi connectivity index (χ1) is 9.35. The van der Waals surface area contributed by atoms with Gasteiger partial charge in [0.15, 0.2) is 0 Å². The number of hydrogen-bond donors (Lipinski definition) is 2. The topological polar surface area (TPSA) is 76.3 Å². The summed E-state index contributed by atoms with van der Waals surface area (Å²) in [6.45, 7) is 6.02. The highest BCUT2D eigenvalue weighted by Crippen LogP contribution is 2.21. The Morgan fingerprint density at radius 1 is 1.32 bits per heavy atom. The molecule has 1 aliphatic heterocycles. The Bertz CT molecular complexity index is 393. The van der Waals surface area contributed by atoms with Crippen molar-refractivity contribution in [2.24, 2.45) is 5.84 Å². The van der Waals surface area contributed by atoms with Crippen LogP contribution in [-0.4, -0.2) is 41.1 Å². The molecule has 19 heavy (non-hydrogen) atoms. The van der Waals surface area contributed by atoms with Crippen LogP contribution in [0.1, 0.15) is 31.7 Å². The van der Waals surface area contributed by atoms with Crippen LogP contribution in [0.3, 0.4) is 0 Å². The number of likely N-dealkylation sites (tertiary alicyclic amines) is 1. The molecule has 106 valence electrons. The monoisotopic (exact) mass is 265 g/mol. The van der Waals surface area contributed by atoms with Crippen LogP contribution in [0.2, 0.25) is 0 Å². The summed E-state index contributed by atoms with van der Waals surface area (Å²) < 4.78 is 5.78. The van der Waals surface area contributed by atoms with Gasteiger partial charge in [-0.05, 0) is 32.4 Å². The minimum Gasteiger partial charge on any atom is -0.476 e. The van der Waals surface area contributed by atoms with Gasteiger partial charge in [-0.1, -0.05) is 13.3 Å². The molecule has 6 nitrogen and oxygen atoms in total. The van der Waals surface area contributed by atoms with Crippen LogP contribution >= 0.6 is 0 Å². The van der Waals surface area contributed by atoms with Crippen LogP contribution in [0.25, 0.3) is 0 Å². The molecular weight excluding hydrogens is 242 g/mol. The summed E-state index contributed by atoms with van der Waals surface area (Å²) in [5, 5.41) is 0. The van der Waals surface area contributed by atoms with Crippen molar-refractivity contribution < 1.29 is 4.74 Å². The fraction of sp³-hybridized carbons (Fsp3) is 0.692. The maximum atomic E-state index is 5.78. The predicted molar refractivity (Wildman–Crippen MR) is 75.0 cm³/mol. The maximum absolute atomic E-state index is 5.78. The van der Waals surface area contributed by atoms with E-state index in [-0.39, 0.29) is 0 Å². The van der Waals surface area contributed by atoms with Crippen LogP contribution < -0.4 is 16.0 Å². The predicted octanol–water partition coefficient (Wildman–Crippen LogP) is 1.19. The van der Waals surface area contributed by atoms with Crippen molar-refractivity contribution in [1.29, 1.82) is 0 Å². The van der Waals surface area contributed by atoms with Gasteiger partial charge >= 0.3 is 0 Å².